The van der Waals surface area contributed by atoms with Crippen LogP contribution in [-0.2, 0) is 23.5 Å². The van der Waals surface area contributed by atoms with Crippen LogP contribution >= 0.6 is 0 Å². The lowest BCUT2D eigenvalue weighted by Crippen LogP contribution is -2.59. The second kappa shape index (κ2) is 11.5. The number of aliphatic hydroxyl groups is 1. The molecule has 1 rings (SSSR count). The quantitative estimate of drug-likeness (QED) is 0.424. The van der Waals surface area contributed by atoms with Gasteiger partial charge in [-0.3, -0.25) is 0 Å². The van der Waals surface area contributed by atoms with E-state index >= 15 is 0 Å². The summed E-state index contributed by atoms with van der Waals surface area (Å²) in [5.74, 6) is -2.17. The van der Waals surface area contributed by atoms with E-state index < -0.39 is 22.5 Å². The van der Waals surface area contributed by atoms with E-state index in [1.165, 1.54) is 51.4 Å². The summed E-state index contributed by atoms with van der Waals surface area (Å²) in [5, 5.41) is 10.1. The molecule has 0 aromatic heterocycles. The summed E-state index contributed by atoms with van der Waals surface area (Å²) in [6, 6.07) is 0. The molecule has 0 spiro atoms. The van der Waals surface area contributed by atoms with Crippen molar-refractivity contribution in [2.75, 3.05) is 0 Å². The molecule has 0 bridgehead atoms. The lowest BCUT2D eigenvalue weighted by atomic mass is 10.0. The van der Waals surface area contributed by atoms with Crippen LogP contribution in [0.25, 0.3) is 0 Å². The summed E-state index contributed by atoms with van der Waals surface area (Å²) < 4.78 is 36.6. The SMILES string of the molecule is CCCCCCCCCCCCCC(OC(C)C)C1(O)OS(=O)(=O)O1. The van der Waals surface area contributed by atoms with Crippen molar-refractivity contribution >= 4 is 10.4 Å². The van der Waals surface area contributed by atoms with Crippen LogP contribution in [0.3, 0.4) is 0 Å². The van der Waals surface area contributed by atoms with Gasteiger partial charge in [-0.15, -0.1) is 0 Å². The van der Waals surface area contributed by atoms with Crippen molar-refractivity contribution in [3.05, 3.63) is 0 Å². The summed E-state index contributed by atoms with van der Waals surface area (Å²) in [6.07, 6.45) is 13.0. The maximum Gasteiger partial charge on any atom is 0.409 e. The Morgan fingerprint density at radius 3 is 1.72 bits per heavy atom. The lowest BCUT2D eigenvalue weighted by Gasteiger charge is -2.39. The fourth-order valence-electron chi connectivity index (χ4n) is 3.06. The summed E-state index contributed by atoms with van der Waals surface area (Å²) in [7, 11) is -4.05. The van der Waals surface area contributed by atoms with E-state index in [1.807, 2.05) is 13.8 Å². The molecule has 1 fully saturated rings. The minimum atomic E-state index is -4.05. The molecular formula is C18H36O6S. The van der Waals surface area contributed by atoms with E-state index in [0.29, 0.717) is 6.42 Å². The predicted molar refractivity (Wildman–Crippen MR) is 97.1 cm³/mol. The molecule has 150 valence electrons. The average Bonchev–Trinajstić information content (AvgIpc) is 2.49. The van der Waals surface area contributed by atoms with Gasteiger partial charge in [0.15, 0.2) is 0 Å². The van der Waals surface area contributed by atoms with Crippen molar-refractivity contribution in [3.63, 3.8) is 0 Å². The Morgan fingerprint density at radius 1 is 0.880 bits per heavy atom. The number of unbranched alkanes of at least 4 members (excludes halogenated alkanes) is 10. The largest absolute Gasteiger partial charge is 0.409 e. The molecular weight excluding hydrogens is 344 g/mol. The van der Waals surface area contributed by atoms with Gasteiger partial charge in [-0.2, -0.15) is 16.8 Å². The van der Waals surface area contributed by atoms with Crippen molar-refractivity contribution < 1.29 is 26.6 Å². The Labute approximate surface area is 153 Å². The topological polar surface area (TPSA) is 82.1 Å². The summed E-state index contributed by atoms with van der Waals surface area (Å²) in [4.78, 5) is 0. The lowest BCUT2D eigenvalue weighted by molar-refractivity contribution is -0.376. The first-order chi connectivity index (χ1) is 11.8. The van der Waals surface area contributed by atoms with Crippen LogP contribution in [0.15, 0.2) is 0 Å². The van der Waals surface area contributed by atoms with Crippen molar-refractivity contribution in [1.29, 1.82) is 0 Å². The summed E-state index contributed by atoms with van der Waals surface area (Å²) in [5.41, 5.74) is 0. The van der Waals surface area contributed by atoms with E-state index in [2.05, 4.69) is 15.3 Å². The molecule has 7 heteroatoms. The standard InChI is InChI=1S/C18H36O6S/c1-4-5-6-7-8-9-10-11-12-13-14-15-17(22-16(2)3)18(19)23-25(20,21)24-18/h16-17,19H,4-15H2,1-3H3. The molecule has 1 unspecified atom stereocenters. The number of rotatable bonds is 15. The maximum atomic E-state index is 11.0. The summed E-state index contributed by atoms with van der Waals surface area (Å²) >= 11 is 0. The third kappa shape index (κ3) is 9.33. The third-order valence-electron chi connectivity index (χ3n) is 4.36. The minimum absolute atomic E-state index is 0.155. The predicted octanol–water partition coefficient (Wildman–Crippen LogP) is 4.42. The van der Waals surface area contributed by atoms with E-state index in [-0.39, 0.29) is 6.10 Å². The van der Waals surface area contributed by atoms with Gasteiger partial charge in [-0.1, -0.05) is 77.6 Å². The fourth-order valence-corrected chi connectivity index (χ4v) is 3.88. The smallest absolute Gasteiger partial charge is 0.367 e. The van der Waals surface area contributed by atoms with Crippen LogP contribution in [0, 0.1) is 0 Å². The Morgan fingerprint density at radius 2 is 1.32 bits per heavy atom. The van der Waals surface area contributed by atoms with Gasteiger partial charge in [0.05, 0.1) is 6.10 Å². The van der Waals surface area contributed by atoms with E-state index in [4.69, 9.17) is 4.74 Å². The van der Waals surface area contributed by atoms with E-state index in [9.17, 15) is 13.5 Å². The second-order valence-electron chi connectivity index (χ2n) is 7.20. The molecule has 6 nitrogen and oxygen atoms in total. The molecule has 1 aliphatic rings. The first-order valence-electron chi connectivity index (χ1n) is 9.83. The minimum Gasteiger partial charge on any atom is -0.367 e. The van der Waals surface area contributed by atoms with Crippen molar-refractivity contribution in [3.8, 4) is 0 Å². The molecule has 25 heavy (non-hydrogen) atoms. The van der Waals surface area contributed by atoms with Gasteiger partial charge < -0.3 is 9.84 Å². The highest BCUT2D eigenvalue weighted by atomic mass is 32.3. The van der Waals surface area contributed by atoms with Gasteiger partial charge in [0.2, 0.25) is 0 Å². The van der Waals surface area contributed by atoms with Crippen molar-refractivity contribution in [2.45, 2.75) is 116 Å². The van der Waals surface area contributed by atoms with Crippen LogP contribution in [0.2, 0.25) is 0 Å². The average molecular weight is 381 g/mol. The fraction of sp³-hybridized carbons (Fsp3) is 1.00. The number of ether oxygens (including phenoxy) is 1. The zero-order chi connectivity index (χ0) is 18.8. The summed E-state index contributed by atoms with van der Waals surface area (Å²) in [6.45, 7) is 5.88. The van der Waals surface area contributed by atoms with Gasteiger partial charge in [0.1, 0.15) is 6.10 Å². The molecule has 0 saturated carbocycles. The van der Waals surface area contributed by atoms with Gasteiger partial charge in [0, 0.05) is 0 Å². The Balaban J connectivity index is 2.11. The molecule has 0 aliphatic carbocycles. The van der Waals surface area contributed by atoms with Crippen LogP contribution in [0.5, 0.6) is 0 Å². The van der Waals surface area contributed by atoms with Crippen molar-refractivity contribution in [1.82, 2.24) is 0 Å². The van der Waals surface area contributed by atoms with Crippen LogP contribution < -0.4 is 0 Å². The Hall–Kier alpha value is -0.210. The molecule has 1 N–H and O–H groups in total. The zero-order valence-corrected chi connectivity index (χ0v) is 16.9. The normalized spacial score (nSPS) is 19.7. The Kier molecular flexibility index (Phi) is 10.5. The third-order valence-corrected chi connectivity index (χ3v) is 5.24. The van der Waals surface area contributed by atoms with Gasteiger partial charge in [0.25, 0.3) is 0 Å². The molecule has 1 atom stereocenters. The van der Waals surface area contributed by atoms with Gasteiger partial charge in [-0.05, 0) is 20.3 Å². The van der Waals surface area contributed by atoms with Crippen LogP contribution in [0.4, 0.5) is 0 Å². The molecule has 1 aliphatic heterocycles. The first-order valence-corrected chi connectivity index (χ1v) is 11.2. The Bertz CT molecular complexity index is 436. The van der Waals surface area contributed by atoms with E-state index in [0.717, 1.165) is 19.3 Å². The number of hydrogen-bond donors (Lipinski definition) is 1. The molecule has 0 aromatic rings. The highest BCUT2D eigenvalue weighted by molar-refractivity contribution is 7.82. The van der Waals surface area contributed by atoms with Crippen molar-refractivity contribution in [2.24, 2.45) is 0 Å². The highest BCUT2D eigenvalue weighted by Gasteiger charge is 2.57. The maximum absolute atomic E-state index is 11.0. The monoisotopic (exact) mass is 380 g/mol. The second-order valence-corrected chi connectivity index (χ2v) is 8.35. The van der Waals surface area contributed by atoms with Crippen LogP contribution in [-0.4, -0.2) is 31.7 Å². The molecule has 0 radical (unpaired) electrons. The molecule has 0 amide bonds. The highest BCUT2D eigenvalue weighted by Crippen LogP contribution is 2.35. The molecule has 1 heterocycles. The first kappa shape index (κ1) is 22.8. The molecule has 1 saturated heterocycles. The number of hydrogen-bond acceptors (Lipinski definition) is 6. The molecule has 0 aromatic carbocycles. The van der Waals surface area contributed by atoms with Gasteiger partial charge >= 0.3 is 16.4 Å². The zero-order valence-electron chi connectivity index (χ0n) is 16.0. The van der Waals surface area contributed by atoms with Gasteiger partial charge in [-0.25, -0.2) is 0 Å². The van der Waals surface area contributed by atoms with Crippen LogP contribution in [0.1, 0.15) is 97.8 Å². The van der Waals surface area contributed by atoms with E-state index in [1.54, 1.807) is 0 Å².